The standard InChI is InChI=1S/C19H16O3S/c1-15-7-5-6-10-19(15)23(20,21)22-18-13-11-17(12-14-18)16-8-3-2-4-9-16/h2-14H,1H3. The summed E-state index contributed by atoms with van der Waals surface area (Å²) in [4.78, 5) is 0.187. The minimum Gasteiger partial charge on any atom is -0.379 e. The van der Waals surface area contributed by atoms with E-state index in [0.717, 1.165) is 11.1 Å². The third-order valence-electron chi connectivity index (χ3n) is 3.53. The molecule has 0 aliphatic rings. The number of aryl methyl sites for hydroxylation is 1. The van der Waals surface area contributed by atoms with Crippen LogP contribution in [0.25, 0.3) is 11.1 Å². The molecule has 0 N–H and O–H groups in total. The molecular weight excluding hydrogens is 308 g/mol. The molecule has 0 radical (unpaired) electrons. The van der Waals surface area contributed by atoms with E-state index < -0.39 is 10.1 Å². The summed E-state index contributed by atoms with van der Waals surface area (Å²) in [5.74, 6) is 0.299. The smallest absolute Gasteiger partial charge is 0.339 e. The topological polar surface area (TPSA) is 43.4 Å². The van der Waals surface area contributed by atoms with Crippen LogP contribution in [0.4, 0.5) is 0 Å². The molecule has 0 aromatic heterocycles. The van der Waals surface area contributed by atoms with E-state index in [1.165, 1.54) is 0 Å². The van der Waals surface area contributed by atoms with Gasteiger partial charge >= 0.3 is 10.1 Å². The van der Waals surface area contributed by atoms with Crippen LogP contribution in [0.15, 0.2) is 83.8 Å². The first-order chi connectivity index (χ1) is 11.1. The van der Waals surface area contributed by atoms with Crippen molar-refractivity contribution < 1.29 is 12.6 Å². The van der Waals surface area contributed by atoms with Crippen LogP contribution in [0.3, 0.4) is 0 Å². The van der Waals surface area contributed by atoms with E-state index in [-0.39, 0.29) is 4.90 Å². The summed E-state index contributed by atoms with van der Waals surface area (Å²) in [5.41, 5.74) is 2.74. The zero-order valence-corrected chi connectivity index (χ0v) is 13.5. The molecule has 3 nitrogen and oxygen atoms in total. The highest BCUT2D eigenvalue weighted by Crippen LogP contribution is 2.25. The van der Waals surface area contributed by atoms with Gasteiger partial charge in [-0.2, -0.15) is 8.42 Å². The van der Waals surface area contributed by atoms with Crippen molar-refractivity contribution in [3.8, 4) is 16.9 Å². The van der Waals surface area contributed by atoms with Crippen LogP contribution in [0.1, 0.15) is 5.56 Å². The second-order valence-corrected chi connectivity index (χ2v) is 6.71. The van der Waals surface area contributed by atoms with Crippen LogP contribution in [0, 0.1) is 6.92 Å². The van der Waals surface area contributed by atoms with Gasteiger partial charge < -0.3 is 4.18 Å². The van der Waals surface area contributed by atoms with Crippen LogP contribution in [-0.4, -0.2) is 8.42 Å². The van der Waals surface area contributed by atoms with Crippen LogP contribution in [0.2, 0.25) is 0 Å². The van der Waals surface area contributed by atoms with Gasteiger partial charge in [0, 0.05) is 0 Å². The zero-order valence-electron chi connectivity index (χ0n) is 12.6. The second-order valence-electron chi connectivity index (χ2n) is 5.19. The largest absolute Gasteiger partial charge is 0.379 e. The van der Waals surface area contributed by atoms with Crippen molar-refractivity contribution in [1.29, 1.82) is 0 Å². The Hall–Kier alpha value is -2.59. The quantitative estimate of drug-likeness (QED) is 0.667. The van der Waals surface area contributed by atoms with Crippen molar-refractivity contribution in [2.24, 2.45) is 0 Å². The predicted molar refractivity (Wildman–Crippen MR) is 90.9 cm³/mol. The minimum absolute atomic E-state index is 0.187. The number of benzene rings is 3. The van der Waals surface area contributed by atoms with Crippen LogP contribution >= 0.6 is 0 Å². The van der Waals surface area contributed by atoms with E-state index in [1.54, 1.807) is 43.3 Å². The maximum Gasteiger partial charge on any atom is 0.339 e. The SMILES string of the molecule is Cc1ccccc1S(=O)(=O)Oc1ccc(-c2ccccc2)cc1. The lowest BCUT2D eigenvalue weighted by Gasteiger charge is -2.09. The molecule has 0 saturated carbocycles. The summed E-state index contributed by atoms with van der Waals surface area (Å²) in [7, 11) is -3.82. The molecule has 0 spiro atoms. The Balaban J connectivity index is 1.85. The number of hydrogen-bond donors (Lipinski definition) is 0. The molecule has 0 aliphatic heterocycles. The monoisotopic (exact) mass is 324 g/mol. The molecule has 23 heavy (non-hydrogen) atoms. The Morgan fingerprint density at radius 2 is 1.26 bits per heavy atom. The highest BCUT2D eigenvalue weighted by Gasteiger charge is 2.18. The van der Waals surface area contributed by atoms with Crippen molar-refractivity contribution >= 4 is 10.1 Å². The fraction of sp³-hybridized carbons (Fsp3) is 0.0526. The summed E-state index contributed by atoms with van der Waals surface area (Å²) >= 11 is 0. The van der Waals surface area contributed by atoms with Crippen molar-refractivity contribution in [2.75, 3.05) is 0 Å². The summed E-state index contributed by atoms with van der Waals surface area (Å²) in [6.07, 6.45) is 0. The predicted octanol–water partition coefficient (Wildman–Crippen LogP) is 4.43. The van der Waals surface area contributed by atoms with Crippen molar-refractivity contribution in [3.63, 3.8) is 0 Å². The second kappa shape index (κ2) is 6.26. The molecule has 0 bridgehead atoms. The number of hydrogen-bond acceptors (Lipinski definition) is 3. The van der Waals surface area contributed by atoms with E-state index in [0.29, 0.717) is 11.3 Å². The first-order valence-electron chi connectivity index (χ1n) is 7.22. The van der Waals surface area contributed by atoms with Gasteiger partial charge in [0.15, 0.2) is 0 Å². The molecule has 3 rings (SSSR count). The summed E-state index contributed by atoms with van der Waals surface area (Å²) < 4.78 is 29.9. The molecule has 0 fully saturated rings. The van der Waals surface area contributed by atoms with Gasteiger partial charge in [0.1, 0.15) is 10.6 Å². The fourth-order valence-corrected chi connectivity index (χ4v) is 3.50. The zero-order chi connectivity index (χ0) is 16.3. The normalized spacial score (nSPS) is 11.2. The molecule has 0 aliphatic carbocycles. The molecule has 0 heterocycles. The van der Waals surface area contributed by atoms with Gasteiger partial charge in [-0.25, -0.2) is 0 Å². The summed E-state index contributed by atoms with van der Waals surface area (Å²) in [6.45, 7) is 1.74. The Bertz CT molecular complexity index is 899. The van der Waals surface area contributed by atoms with E-state index in [2.05, 4.69) is 0 Å². The first kappa shape index (κ1) is 15.3. The van der Waals surface area contributed by atoms with Crippen molar-refractivity contribution in [2.45, 2.75) is 11.8 Å². The first-order valence-corrected chi connectivity index (χ1v) is 8.63. The van der Waals surface area contributed by atoms with Crippen LogP contribution < -0.4 is 4.18 Å². The van der Waals surface area contributed by atoms with E-state index in [1.807, 2.05) is 42.5 Å². The number of rotatable bonds is 4. The molecule has 4 heteroatoms. The van der Waals surface area contributed by atoms with Crippen molar-refractivity contribution in [3.05, 3.63) is 84.4 Å². The van der Waals surface area contributed by atoms with Crippen LogP contribution in [-0.2, 0) is 10.1 Å². The van der Waals surface area contributed by atoms with Gasteiger partial charge in [0.2, 0.25) is 0 Å². The van der Waals surface area contributed by atoms with Crippen molar-refractivity contribution in [1.82, 2.24) is 0 Å². The Kier molecular flexibility index (Phi) is 4.17. The van der Waals surface area contributed by atoms with Gasteiger partial charge in [0.05, 0.1) is 0 Å². The van der Waals surface area contributed by atoms with Gasteiger partial charge in [-0.3, -0.25) is 0 Å². The van der Waals surface area contributed by atoms with Gasteiger partial charge in [-0.1, -0.05) is 60.7 Å². The average molecular weight is 324 g/mol. The highest BCUT2D eigenvalue weighted by atomic mass is 32.2. The lowest BCUT2D eigenvalue weighted by Crippen LogP contribution is -2.11. The van der Waals surface area contributed by atoms with E-state index in [4.69, 9.17) is 4.18 Å². The molecule has 3 aromatic rings. The third-order valence-corrected chi connectivity index (χ3v) is 4.94. The van der Waals surface area contributed by atoms with E-state index in [9.17, 15) is 8.42 Å². The Morgan fingerprint density at radius 1 is 0.696 bits per heavy atom. The molecule has 0 unspecified atom stereocenters. The third kappa shape index (κ3) is 3.43. The maximum absolute atomic E-state index is 12.4. The summed E-state index contributed by atoms with van der Waals surface area (Å²) in [5, 5.41) is 0. The molecule has 116 valence electrons. The lowest BCUT2D eigenvalue weighted by atomic mass is 10.1. The highest BCUT2D eigenvalue weighted by molar-refractivity contribution is 7.87. The molecule has 0 saturated heterocycles. The van der Waals surface area contributed by atoms with Gasteiger partial charge in [-0.15, -0.1) is 0 Å². The Morgan fingerprint density at radius 3 is 1.91 bits per heavy atom. The molecule has 3 aromatic carbocycles. The maximum atomic E-state index is 12.4. The minimum atomic E-state index is -3.82. The molecule has 0 atom stereocenters. The summed E-state index contributed by atoms with van der Waals surface area (Å²) in [6, 6.07) is 23.7. The van der Waals surface area contributed by atoms with Crippen LogP contribution in [0.5, 0.6) is 5.75 Å². The average Bonchev–Trinajstić information content (AvgIpc) is 2.56. The van der Waals surface area contributed by atoms with E-state index >= 15 is 0 Å². The lowest BCUT2D eigenvalue weighted by molar-refractivity contribution is 0.485. The van der Waals surface area contributed by atoms with Gasteiger partial charge in [0.25, 0.3) is 0 Å². The molecular formula is C19H16O3S. The Labute approximate surface area is 136 Å². The molecule has 0 amide bonds. The fourth-order valence-electron chi connectivity index (χ4n) is 2.34. The van der Waals surface area contributed by atoms with Gasteiger partial charge in [-0.05, 0) is 41.8 Å².